The average Bonchev–Trinajstić information content (AvgIpc) is 3.27. The zero-order valence-electron chi connectivity index (χ0n) is 22.0. The number of fused-ring (bicyclic) bond motifs is 3. The lowest BCUT2D eigenvalue weighted by atomic mass is 9.84. The van der Waals surface area contributed by atoms with Gasteiger partial charge in [0.1, 0.15) is 0 Å². The van der Waals surface area contributed by atoms with Crippen LogP contribution in [0.5, 0.6) is 0 Å². The number of para-hydroxylation sites is 1. The monoisotopic (exact) mass is 528 g/mol. The minimum atomic E-state index is -0.741. The SMILES string of the molecule is OC1(c2ccc(Cl)cc2)CCN(CCCn2c3c(c4ccccc42)CCN(CCc2ccccn2)C3)CC1. The number of piperidine rings is 1. The van der Waals surface area contributed by atoms with Crippen LogP contribution in [0.25, 0.3) is 10.9 Å². The Hall–Kier alpha value is -2.70. The molecule has 2 aliphatic rings. The van der Waals surface area contributed by atoms with E-state index in [-0.39, 0.29) is 0 Å². The number of aliphatic hydroxyl groups is 1. The van der Waals surface area contributed by atoms with E-state index >= 15 is 0 Å². The molecule has 0 amide bonds. The molecule has 4 heterocycles. The highest BCUT2D eigenvalue weighted by Crippen LogP contribution is 2.34. The predicted molar refractivity (Wildman–Crippen MR) is 154 cm³/mol. The van der Waals surface area contributed by atoms with Gasteiger partial charge in [0.15, 0.2) is 0 Å². The molecular formula is C32H37ClN4O. The molecule has 0 saturated carbocycles. The largest absolute Gasteiger partial charge is 0.385 e. The lowest BCUT2D eigenvalue weighted by Crippen LogP contribution is -2.43. The van der Waals surface area contributed by atoms with Gasteiger partial charge in [-0.1, -0.05) is 48.0 Å². The second kappa shape index (κ2) is 11.2. The number of nitrogens with zero attached hydrogens (tertiary/aromatic N) is 4. The van der Waals surface area contributed by atoms with Crippen LogP contribution in [0.15, 0.2) is 72.9 Å². The summed E-state index contributed by atoms with van der Waals surface area (Å²) in [6, 6.07) is 22.8. The van der Waals surface area contributed by atoms with Crippen LogP contribution in [-0.2, 0) is 31.5 Å². The molecule has 38 heavy (non-hydrogen) atoms. The van der Waals surface area contributed by atoms with E-state index in [1.807, 2.05) is 36.5 Å². The van der Waals surface area contributed by atoms with Crippen molar-refractivity contribution in [2.75, 3.05) is 32.7 Å². The topological polar surface area (TPSA) is 44.5 Å². The van der Waals surface area contributed by atoms with Crippen molar-refractivity contribution in [1.82, 2.24) is 19.4 Å². The molecular weight excluding hydrogens is 492 g/mol. The summed E-state index contributed by atoms with van der Waals surface area (Å²) in [5, 5.41) is 13.4. The van der Waals surface area contributed by atoms with Gasteiger partial charge in [-0.3, -0.25) is 9.88 Å². The van der Waals surface area contributed by atoms with E-state index in [4.69, 9.17) is 11.6 Å². The highest BCUT2D eigenvalue weighted by molar-refractivity contribution is 6.30. The highest BCUT2D eigenvalue weighted by Gasteiger charge is 2.33. The molecule has 0 unspecified atom stereocenters. The Balaban J connectivity index is 1.09. The van der Waals surface area contributed by atoms with Crippen molar-refractivity contribution in [2.45, 2.75) is 50.8 Å². The molecule has 2 aromatic carbocycles. The Kier molecular flexibility index (Phi) is 7.53. The minimum Gasteiger partial charge on any atom is -0.385 e. The summed E-state index contributed by atoms with van der Waals surface area (Å²) in [5.41, 5.74) is 5.83. The zero-order valence-corrected chi connectivity index (χ0v) is 22.8. The van der Waals surface area contributed by atoms with E-state index in [2.05, 4.69) is 55.7 Å². The molecule has 0 bridgehead atoms. The highest BCUT2D eigenvalue weighted by atomic mass is 35.5. The van der Waals surface area contributed by atoms with Gasteiger partial charge >= 0.3 is 0 Å². The van der Waals surface area contributed by atoms with Crippen molar-refractivity contribution < 1.29 is 5.11 Å². The van der Waals surface area contributed by atoms with Crippen LogP contribution in [0.3, 0.4) is 0 Å². The normalized spacial score (nSPS) is 18.1. The first kappa shape index (κ1) is 25.6. The van der Waals surface area contributed by atoms with E-state index in [0.29, 0.717) is 5.02 Å². The third-order valence-electron chi connectivity index (χ3n) is 8.58. The Bertz CT molecular complexity index is 1360. The minimum absolute atomic E-state index is 0.714. The molecule has 6 heteroatoms. The van der Waals surface area contributed by atoms with Gasteiger partial charge in [0.05, 0.1) is 5.60 Å². The lowest BCUT2D eigenvalue weighted by Gasteiger charge is -2.38. The third kappa shape index (κ3) is 5.39. The van der Waals surface area contributed by atoms with Crippen molar-refractivity contribution in [3.05, 3.63) is 100 Å². The first-order valence-corrected chi connectivity index (χ1v) is 14.4. The number of rotatable bonds is 8. The summed E-state index contributed by atoms with van der Waals surface area (Å²) in [5.74, 6) is 0. The molecule has 5 nitrogen and oxygen atoms in total. The summed E-state index contributed by atoms with van der Waals surface area (Å²) >= 11 is 6.05. The van der Waals surface area contributed by atoms with Crippen molar-refractivity contribution in [1.29, 1.82) is 0 Å². The number of likely N-dealkylation sites (tertiary alicyclic amines) is 1. The fourth-order valence-electron chi connectivity index (χ4n) is 6.36. The number of aryl methyl sites for hydroxylation is 1. The maximum absolute atomic E-state index is 11.2. The molecule has 1 saturated heterocycles. The number of benzene rings is 2. The summed E-state index contributed by atoms with van der Waals surface area (Å²) in [4.78, 5) is 9.62. The van der Waals surface area contributed by atoms with Gasteiger partial charge in [0.25, 0.3) is 0 Å². The van der Waals surface area contributed by atoms with Gasteiger partial charge in [-0.2, -0.15) is 0 Å². The van der Waals surface area contributed by atoms with E-state index in [1.165, 1.54) is 22.3 Å². The van der Waals surface area contributed by atoms with Gasteiger partial charge in [0.2, 0.25) is 0 Å². The smallest absolute Gasteiger partial charge is 0.0920 e. The number of hydrogen-bond donors (Lipinski definition) is 1. The van der Waals surface area contributed by atoms with Crippen molar-refractivity contribution in [3.8, 4) is 0 Å². The van der Waals surface area contributed by atoms with Crippen LogP contribution in [0.2, 0.25) is 5.02 Å². The molecule has 0 radical (unpaired) electrons. The van der Waals surface area contributed by atoms with Crippen LogP contribution in [-0.4, -0.2) is 57.2 Å². The van der Waals surface area contributed by atoms with Gasteiger partial charge < -0.3 is 14.6 Å². The molecule has 1 fully saturated rings. The molecule has 0 atom stereocenters. The van der Waals surface area contributed by atoms with Gasteiger partial charge in [0, 0.05) is 79.2 Å². The number of aromatic nitrogens is 2. The molecule has 0 spiro atoms. The van der Waals surface area contributed by atoms with E-state index in [0.717, 1.165) is 83.5 Å². The van der Waals surface area contributed by atoms with Crippen LogP contribution in [0, 0.1) is 0 Å². The molecule has 0 aliphatic carbocycles. The number of halogens is 1. The van der Waals surface area contributed by atoms with Crippen molar-refractivity contribution >= 4 is 22.5 Å². The van der Waals surface area contributed by atoms with E-state index in [9.17, 15) is 5.11 Å². The zero-order chi connectivity index (χ0) is 26.0. The molecule has 198 valence electrons. The van der Waals surface area contributed by atoms with E-state index in [1.54, 1.807) is 5.56 Å². The van der Waals surface area contributed by atoms with Gasteiger partial charge in [-0.25, -0.2) is 0 Å². The Labute approximate surface area is 230 Å². The van der Waals surface area contributed by atoms with Crippen LogP contribution in [0.1, 0.15) is 41.8 Å². The van der Waals surface area contributed by atoms with Crippen molar-refractivity contribution in [2.24, 2.45) is 0 Å². The van der Waals surface area contributed by atoms with Crippen LogP contribution in [0.4, 0.5) is 0 Å². The lowest BCUT2D eigenvalue weighted by molar-refractivity contribution is -0.0261. The second-order valence-electron chi connectivity index (χ2n) is 10.9. The second-order valence-corrected chi connectivity index (χ2v) is 11.4. The molecule has 1 N–H and O–H groups in total. The van der Waals surface area contributed by atoms with Crippen LogP contribution >= 0.6 is 11.6 Å². The Morgan fingerprint density at radius 1 is 0.842 bits per heavy atom. The maximum atomic E-state index is 11.2. The fourth-order valence-corrected chi connectivity index (χ4v) is 6.49. The standard InChI is InChI=1S/C32H37ClN4O/c33-26-11-9-25(10-12-26)32(38)15-22-35(23-16-32)18-5-19-37-30-8-2-1-7-28(30)29-14-21-36(24-31(29)37)20-13-27-6-3-4-17-34-27/h1-4,6-12,17,38H,5,13-16,18-24H2. The third-order valence-corrected chi connectivity index (χ3v) is 8.83. The quantitative estimate of drug-likeness (QED) is 0.320. The predicted octanol–water partition coefficient (Wildman–Crippen LogP) is 5.66. The average molecular weight is 529 g/mol. The molecule has 4 aromatic rings. The summed E-state index contributed by atoms with van der Waals surface area (Å²) in [6.45, 7) is 7.09. The maximum Gasteiger partial charge on any atom is 0.0920 e. The van der Waals surface area contributed by atoms with Gasteiger partial charge in [-0.15, -0.1) is 0 Å². The fraction of sp³-hybridized carbons (Fsp3) is 0.406. The van der Waals surface area contributed by atoms with Gasteiger partial charge in [-0.05, 0) is 73.7 Å². The van der Waals surface area contributed by atoms with Crippen molar-refractivity contribution in [3.63, 3.8) is 0 Å². The molecule has 6 rings (SSSR count). The molecule has 2 aliphatic heterocycles. The van der Waals surface area contributed by atoms with Crippen LogP contribution < -0.4 is 0 Å². The number of hydrogen-bond acceptors (Lipinski definition) is 4. The Morgan fingerprint density at radius 2 is 1.63 bits per heavy atom. The number of pyridine rings is 1. The first-order chi connectivity index (χ1) is 18.6. The summed E-state index contributed by atoms with van der Waals surface area (Å²) < 4.78 is 2.59. The molecule has 2 aromatic heterocycles. The van der Waals surface area contributed by atoms with E-state index < -0.39 is 5.60 Å². The summed E-state index contributed by atoms with van der Waals surface area (Å²) in [6.07, 6.45) is 6.64. The first-order valence-electron chi connectivity index (χ1n) is 14.0. The Morgan fingerprint density at radius 3 is 2.42 bits per heavy atom. The summed E-state index contributed by atoms with van der Waals surface area (Å²) in [7, 11) is 0.